The second kappa shape index (κ2) is 5.69. The highest BCUT2D eigenvalue weighted by atomic mass is 16.5. The number of allylic oxidation sites excluding steroid dienone is 1. The number of rotatable bonds is 4. The molecule has 0 amide bonds. The van der Waals surface area contributed by atoms with E-state index < -0.39 is 17.9 Å². The molecule has 1 aliphatic rings. The van der Waals surface area contributed by atoms with E-state index in [1.165, 1.54) is 7.11 Å². The van der Waals surface area contributed by atoms with Crippen LogP contribution in [0.3, 0.4) is 0 Å². The summed E-state index contributed by atoms with van der Waals surface area (Å²) in [7, 11) is 1.28. The van der Waals surface area contributed by atoms with Crippen LogP contribution in [0.2, 0.25) is 0 Å². The van der Waals surface area contributed by atoms with Crippen LogP contribution in [-0.4, -0.2) is 24.2 Å². The Bertz CT molecular complexity index is 531. The fourth-order valence-electron chi connectivity index (χ4n) is 2.48. The summed E-state index contributed by atoms with van der Waals surface area (Å²) in [4.78, 5) is 22.8. The highest BCUT2D eigenvalue weighted by molar-refractivity contribution is 5.93. The van der Waals surface area contributed by atoms with Crippen molar-refractivity contribution in [1.29, 1.82) is 0 Å². The Balaban J connectivity index is 2.39. The van der Waals surface area contributed by atoms with Gasteiger partial charge in [0.15, 0.2) is 0 Å². The molecule has 4 nitrogen and oxygen atoms in total. The first-order chi connectivity index (χ1) is 9.13. The van der Waals surface area contributed by atoms with E-state index in [9.17, 15) is 9.59 Å². The number of carboxylic acids is 1. The van der Waals surface area contributed by atoms with Gasteiger partial charge in [0.05, 0.1) is 19.4 Å². The van der Waals surface area contributed by atoms with E-state index in [2.05, 4.69) is 0 Å². The number of esters is 1. The van der Waals surface area contributed by atoms with E-state index in [0.29, 0.717) is 0 Å². The van der Waals surface area contributed by atoms with Gasteiger partial charge in [-0.3, -0.25) is 9.59 Å². The lowest BCUT2D eigenvalue weighted by atomic mass is 9.82. The molecule has 0 aromatic heterocycles. The lowest BCUT2D eigenvalue weighted by Gasteiger charge is -2.23. The van der Waals surface area contributed by atoms with Crippen LogP contribution in [0.1, 0.15) is 24.0 Å². The third kappa shape index (κ3) is 2.84. The Morgan fingerprint density at radius 2 is 2.11 bits per heavy atom. The van der Waals surface area contributed by atoms with Crippen molar-refractivity contribution in [3.8, 4) is 0 Å². The number of ether oxygens (including phenoxy) is 1. The van der Waals surface area contributed by atoms with Crippen molar-refractivity contribution in [2.45, 2.75) is 19.3 Å². The van der Waals surface area contributed by atoms with E-state index in [1.54, 1.807) is 0 Å². The second-order valence-corrected chi connectivity index (χ2v) is 4.53. The molecule has 0 fully saturated rings. The summed E-state index contributed by atoms with van der Waals surface area (Å²) in [5, 5.41) is 8.97. The van der Waals surface area contributed by atoms with Crippen LogP contribution < -0.4 is 0 Å². The molecule has 0 radical (unpaired) electrons. The fourth-order valence-corrected chi connectivity index (χ4v) is 2.48. The minimum atomic E-state index is -1.00. The zero-order chi connectivity index (χ0) is 13.8. The summed E-state index contributed by atoms with van der Waals surface area (Å²) in [5.74, 6) is -2.23. The monoisotopic (exact) mass is 260 g/mol. The molecule has 0 saturated carbocycles. The zero-order valence-electron chi connectivity index (χ0n) is 10.8. The van der Waals surface area contributed by atoms with Gasteiger partial charge in [0.2, 0.25) is 0 Å². The summed E-state index contributed by atoms with van der Waals surface area (Å²) < 4.78 is 4.74. The van der Waals surface area contributed by atoms with Gasteiger partial charge >= 0.3 is 11.9 Å². The summed E-state index contributed by atoms with van der Waals surface area (Å²) >= 11 is 0. The Labute approximate surface area is 111 Å². The number of hydrogen-bond donors (Lipinski definition) is 1. The van der Waals surface area contributed by atoms with Gasteiger partial charge in [-0.2, -0.15) is 0 Å². The second-order valence-electron chi connectivity index (χ2n) is 4.53. The van der Waals surface area contributed by atoms with Crippen LogP contribution in [0, 0.1) is 5.92 Å². The number of carbonyl (C=O) groups excluding carboxylic acids is 1. The molecule has 0 spiro atoms. The predicted octanol–water partition coefficient (Wildman–Crippen LogP) is 2.28. The average Bonchev–Trinajstić information content (AvgIpc) is 2.43. The molecule has 0 saturated heterocycles. The molecule has 1 N–H and O–H groups in total. The van der Waals surface area contributed by atoms with Crippen LogP contribution in [-0.2, 0) is 20.7 Å². The van der Waals surface area contributed by atoms with Gasteiger partial charge in [-0.25, -0.2) is 0 Å². The molecule has 0 aliphatic heterocycles. The van der Waals surface area contributed by atoms with E-state index in [4.69, 9.17) is 9.84 Å². The zero-order valence-corrected chi connectivity index (χ0v) is 10.8. The number of hydrogen-bond acceptors (Lipinski definition) is 3. The first kappa shape index (κ1) is 13.3. The number of aliphatic carboxylic acids is 1. The average molecular weight is 260 g/mol. The number of fused-ring (bicyclic) bond motifs is 1. The maximum atomic E-state index is 11.8. The minimum Gasteiger partial charge on any atom is -0.481 e. The molecule has 1 aliphatic carbocycles. The first-order valence-electron chi connectivity index (χ1n) is 6.21. The maximum absolute atomic E-state index is 11.8. The maximum Gasteiger partial charge on any atom is 0.313 e. The molecule has 100 valence electrons. The topological polar surface area (TPSA) is 63.6 Å². The van der Waals surface area contributed by atoms with Crippen molar-refractivity contribution in [2.24, 2.45) is 5.92 Å². The molecule has 0 bridgehead atoms. The highest BCUT2D eigenvalue weighted by Gasteiger charge is 2.29. The molecule has 4 heteroatoms. The number of carboxylic acid groups (broad SMARTS) is 1. The Kier molecular flexibility index (Phi) is 4.00. The lowest BCUT2D eigenvalue weighted by molar-refractivity contribution is -0.148. The summed E-state index contributed by atoms with van der Waals surface area (Å²) in [5.41, 5.74) is 2.89. The summed E-state index contributed by atoms with van der Waals surface area (Å²) in [6.45, 7) is 0. The van der Waals surface area contributed by atoms with Crippen LogP contribution >= 0.6 is 0 Å². The fraction of sp³-hybridized carbons (Fsp3) is 0.333. The van der Waals surface area contributed by atoms with Crippen molar-refractivity contribution < 1.29 is 19.4 Å². The summed E-state index contributed by atoms with van der Waals surface area (Å²) in [6, 6.07) is 7.79. The van der Waals surface area contributed by atoms with Crippen molar-refractivity contribution in [2.75, 3.05) is 7.11 Å². The molecule has 1 atom stereocenters. The van der Waals surface area contributed by atoms with Gasteiger partial charge in [0.25, 0.3) is 0 Å². The van der Waals surface area contributed by atoms with E-state index in [-0.39, 0.29) is 6.42 Å². The third-order valence-corrected chi connectivity index (χ3v) is 3.35. The van der Waals surface area contributed by atoms with Crippen LogP contribution in [0.25, 0.3) is 5.57 Å². The molecule has 19 heavy (non-hydrogen) atoms. The molecule has 2 rings (SSSR count). The Hall–Kier alpha value is -2.10. The largest absolute Gasteiger partial charge is 0.481 e. The predicted molar refractivity (Wildman–Crippen MR) is 70.5 cm³/mol. The van der Waals surface area contributed by atoms with Gasteiger partial charge in [0, 0.05) is 0 Å². The normalized spacial score (nSPS) is 15.1. The Morgan fingerprint density at radius 1 is 1.37 bits per heavy atom. The van der Waals surface area contributed by atoms with Crippen LogP contribution in [0.5, 0.6) is 0 Å². The van der Waals surface area contributed by atoms with Crippen molar-refractivity contribution in [1.82, 2.24) is 0 Å². The number of aryl methyl sites for hydroxylation is 1. The lowest BCUT2D eigenvalue weighted by Crippen LogP contribution is -2.22. The smallest absolute Gasteiger partial charge is 0.313 e. The van der Waals surface area contributed by atoms with Gasteiger partial charge in [-0.05, 0) is 29.5 Å². The van der Waals surface area contributed by atoms with Gasteiger partial charge < -0.3 is 9.84 Å². The number of benzene rings is 1. The standard InChI is InChI=1S/C15H16O4/c1-19-15(18)13(9-14(16)17)12-8-4-6-10-5-2-3-7-11(10)12/h2-3,5,7-8,13H,4,6,9H2,1H3,(H,16,17). The van der Waals surface area contributed by atoms with Crippen molar-refractivity contribution in [3.63, 3.8) is 0 Å². The highest BCUT2D eigenvalue weighted by Crippen LogP contribution is 2.34. The van der Waals surface area contributed by atoms with E-state index in [1.807, 2.05) is 30.3 Å². The van der Waals surface area contributed by atoms with E-state index in [0.717, 1.165) is 29.5 Å². The molecular formula is C15H16O4. The van der Waals surface area contributed by atoms with E-state index >= 15 is 0 Å². The minimum absolute atomic E-state index is 0.243. The van der Waals surface area contributed by atoms with Gasteiger partial charge in [0.1, 0.15) is 0 Å². The van der Waals surface area contributed by atoms with Crippen LogP contribution in [0.4, 0.5) is 0 Å². The molecule has 1 aromatic rings. The number of methoxy groups -OCH3 is 1. The molecule has 1 unspecified atom stereocenters. The SMILES string of the molecule is COC(=O)C(CC(=O)O)C1=CCCc2ccccc21. The van der Waals surface area contributed by atoms with Crippen LogP contribution in [0.15, 0.2) is 30.3 Å². The summed E-state index contributed by atoms with van der Waals surface area (Å²) in [6.07, 6.45) is 3.44. The number of carbonyl (C=O) groups is 2. The quantitative estimate of drug-likeness (QED) is 0.843. The van der Waals surface area contributed by atoms with Crippen molar-refractivity contribution in [3.05, 3.63) is 41.5 Å². The third-order valence-electron chi connectivity index (χ3n) is 3.35. The molecular weight excluding hydrogens is 244 g/mol. The Morgan fingerprint density at radius 3 is 2.79 bits per heavy atom. The first-order valence-corrected chi connectivity index (χ1v) is 6.21. The van der Waals surface area contributed by atoms with Gasteiger partial charge in [-0.15, -0.1) is 0 Å². The van der Waals surface area contributed by atoms with Gasteiger partial charge in [-0.1, -0.05) is 30.3 Å². The molecule has 1 aromatic carbocycles. The molecule has 0 heterocycles. The van der Waals surface area contributed by atoms with Crippen molar-refractivity contribution >= 4 is 17.5 Å².